The second-order valence-electron chi connectivity index (χ2n) is 5.33. The van der Waals surface area contributed by atoms with E-state index in [2.05, 4.69) is 9.88 Å². The van der Waals surface area contributed by atoms with Crippen LogP contribution in [-0.2, 0) is 4.79 Å². The van der Waals surface area contributed by atoms with Gasteiger partial charge in [0.15, 0.2) is 0 Å². The van der Waals surface area contributed by atoms with Crippen molar-refractivity contribution >= 4 is 5.97 Å². The van der Waals surface area contributed by atoms with Crippen LogP contribution in [-0.4, -0.2) is 53.0 Å². The van der Waals surface area contributed by atoms with E-state index < -0.39 is 12.0 Å². The second-order valence-corrected chi connectivity index (χ2v) is 5.33. The Bertz CT molecular complexity index is 457. The summed E-state index contributed by atoms with van der Waals surface area (Å²) < 4.78 is 0. The van der Waals surface area contributed by atoms with Crippen LogP contribution >= 0.6 is 0 Å². The number of fused-ring (bicyclic) bond motifs is 1. The van der Waals surface area contributed by atoms with Crippen molar-refractivity contribution in [2.75, 3.05) is 26.2 Å². The van der Waals surface area contributed by atoms with Crippen molar-refractivity contribution in [1.82, 2.24) is 14.8 Å². The van der Waals surface area contributed by atoms with Gasteiger partial charge in [-0.3, -0.25) is 14.8 Å². The standard InChI is InChI=1S/C14H19N3O2.K/c18-14(19)13(11-3-1-5-15-9-11)17-8-7-16-6-2-4-12(16)10-17;/h1,3,5,9,12-13H,2,4,6-8,10H2,(H,18,19);/q;+1/p-1/t12-,13?;/m0./s1. The Morgan fingerprint density at radius 1 is 1.40 bits per heavy atom. The zero-order chi connectivity index (χ0) is 13.2. The molecule has 0 saturated carbocycles. The van der Waals surface area contributed by atoms with Gasteiger partial charge in [0, 0.05) is 38.1 Å². The third kappa shape index (κ3) is 3.49. The number of carbonyl (C=O) groups is 1. The monoisotopic (exact) mass is 299 g/mol. The van der Waals surface area contributed by atoms with E-state index in [1.165, 1.54) is 12.8 Å². The van der Waals surface area contributed by atoms with Gasteiger partial charge in [-0.15, -0.1) is 0 Å². The fourth-order valence-electron chi connectivity index (χ4n) is 3.28. The van der Waals surface area contributed by atoms with Gasteiger partial charge < -0.3 is 9.90 Å². The summed E-state index contributed by atoms with van der Waals surface area (Å²) in [6.45, 7) is 3.70. The molecule has 102 valence electrons. The summed E-state index contributed by atoms with van der Waals surface area (Å²) in [6, 6.07) is 3.43. The van der Waals surface area contributed by atoms with Crippen LogP contribution < -0.4 is 56.5 Å². The van der Waals surface area contributed by atoms with Crippen LogP contribution in [0.5, 0.6) is 0 Å². The third-order valence-electron chi connectivity index (χ3n) is 4.21. The van der Waals surface area contributed by atoms with E-state index in [-0.39, 0.29) is 51.4 Å². The van der Waals surface area contributed by atoms with Crippen molar-refractivity contribution in [1.29, 1.82) is 0 Å². The molecule has 20 heavy (non-hydrogen) atoms. The third-order valence-corrected chi connectivity index (χ3v) is 4.21. The molecule has 6 heteroatoms. The Morgan fingerprint density at radius 2 is 2.25 bits per heavy atom. The fourth-order valence-corrected chi connectivity index (χ4v) is 3.28. The summed E-state index contributed by atoms with van der Waals surface area (Å²) >= 11 is 0. The summed E-state index contributed by atoms with van der Waals surface area (Å²) in [5, 5.41) is 11.5. The van der Waals surface area contributed by atoms with Crippen LogP contribution in [0.15, 0.2) is 24.5 Å². The SMILES string of the molecule is O=C([O-])C(c1cccnc1)N1CCN2CCC[C@H]2C1.[K+]. The van der Waals surface area contributed by atoms with Crippen LogP contribution in [0.1, 0.15) is 24.4 Å². The normalized spacial score (nSPS) is 24.7. The summed E-state index contributed by atoms with van der Waals surface area (Å²) in [5.74, 6) is -1.03. The minimum Gasteiger partial charge on any atom is -0.548 e. The van der Waals surface area contributed by atoms with Crippen LogP contribution in [0.3, 0.4) is 0 Å². The molecule has 1 aromatic heterocycles. The van der Waals surface area contributed by atoms with Gasteiger partial charge in [-0.2, -0.15) is 0 Å². The van der Waals surface area contributed by atoms with Crippen molar-refractivity contribution in [3.63, 3.8) is 0 Å². The molecule has 3 heterocycles. The number of hydrogen-bond donors (Lipinski definition) is 0. The molecule has 0 radical (unpaired) electrons. The topological polar surface area (TPSA) is 59.5 Å². The number of piperazine rings is 1. The first-order valence-electron chi connectivity index (χ1n) is 6.84. The maximum atomic E-state index is 11.5. The molecule has 0 amide bonds. The van der Waals surface area contributed by atoms with E-state index in [0.29, 0.717) is 11.6 Å². The van der Waals surface area contributed by atoms with Crippen LogP contribution in [0.25, 0.3) is 0 Å². The zero-order valence-electron chi connectivity index (χ0n) is 11.9. The zero-order valence-corrected chi connectivity index (χ0v) is 15.0. The summed E-state index contributed by atoms with van der Waals surface area (Å²) in [5.41, 5.74) is 0.717. The number of carbonyl (C=O) groups excluding carboxylic acids is 1. The second kappa shape index (κ2) is 7.44. The predicted molar refractivity (Wildman–Crippen MR) is 68.2 cm³/mol. The molecule has 1 aromatic rings. The summed E-state index contributed by atoms with van der Waals surface area (Å²) in [7, 11) is 0. The van der Waals surface area contributed by atoms with Crippen LogP contribution in [0.2, 0.25) is 0 Å². The first-order valence-corrected chi connectivity index (χ1v) is 6.84. The minimum absolute atomic E-state index is 0. The van der Waals surface area contributed by atoms with E-state index in [4.69, 9.17) is 0 Å². The molecule has 0 aromatic carbocycles. The molecular formula is C14H18KN3O2. The number of pyridine rings is 1. The van der Waals surface area contributed by atoms with Gasteiger partial charge in [0.25, 0.3) is 0 Å². The van der Waals surface area contributed by atoms with Gasteiger partial charge in [0.1, 0.15) is 0 Å². The molecule has 3 rings (SSSR count). The molecule has 1 unspecified atom stereocenters. The van der Waals surface area contributed by atoms with Gasteiger partial charge in [-0.05, 0) is 31.0 Å². The molecule has 0 N–H and O–H groups in total. The van der Waals surface area contributed by atoms with E-state index in [1.807, 2.05) is 11.0 Å². The number of hydrogen-bond acceptors (Lipinski definition) is 5. The molecule has 2 atom stereocenters. The summed E-state index contributed by atoms with van der Waals surface area (Å²) in [4.78, 5) is 20.0. The molecule has 2 fully saturated rings. The molecule has 2 aliphatic heterocycles. The largest absolute Gasteiger partial charge is 1.00 e. The minimum atomic E-state index is -1.03. The first kappa shape index (κ1) is 16.5. The number of nitrogens with zero attached hydrogens (tertiary/aromatic N) is 3. The number of aromatic nitrogens is 1. The number of carboxylic acids is 1. The van der Waals surface area contributed by atoms with Gasteiger partial charge in [-0.25, -0.2) is 0 Å². The predicted octanol–water partition coefficient (Wildman–Crippen LogP) is -3.34. The van der Waals surface area contributed by atoms with Crippen molar-refractivity contribution in [2.45, 2.75) is 24.9 Å². The quantitative estimate of drug-likeness (QED) is 0.546. The van der Waals surface area contributed by atoms with Gasteiger partial charge >= 0.3 is 51.4 Å². The van der Waals surface area contributed by atoms with Crippen molar-refractivity contribution in [3.8, 4) is 0 Å². The number of rotatable bonds is 3. The van der Waals surface area contributed by atoms with Crippen molar-refractivity contribution in [3.05, 3.63) is 30.1 Å². The average Bonchev–Trinajstić information content (AvgIpc) is 2.87. The summed E-state index contributed by atoms with van der Waals surface area (Å²) in [6.07, 6.45) is 5.68. The van der Waals surface area contributed by atoms with Crippen molar-refractivity contribution < 1.29 is 61.3 Å². The number of carboxylic acid groups (broad SMARTS) is 1. The van der Waals surface area contributed by atoms with Crippen molar-refractivity contribution in [2.24, 2.45) is 0 Å². The van der Waals surface area contributed by atoms with Crippen LogP contribution in [0, 0.1) is 0 Å². The Labute approximate surface area is 161 Å². The smallest absolute Gasteiger partial charge is 0.548 e. The Hall–Kier alpha value is 0.176. The molecule has 0 aliphatic carbocycles. The van der Waals surface area contributed by atoms with E-state index >= 15 is 0 Å². The van der Waals surface area contributed by atoms with Gasteiger partial charge in [0.2, 0.25) is 0 Å². The molecule has 5 nitrogen and oxygen atoms in total. The van der Waals surface area contributed by atoms with E-state index in [1.54, 1.807) is 18.5 Å². The first-order chi connectivity index (χ1) is 9.25. The van der Waals surface area contributed by atoms with Gasteiger partial charge in [0.05, 0.1) is 12.0 Å². The molecule has 0 bridgehead atoms. The Morgan fingerprint density at radius 3 is 2.95 bits per heavy atom. The average molecular weight is 299 g/mol. The number of aliphatic carboxylic acids is 1. The van der Waals surface area contributed by atoms with Gasteiger partial charge in [-0.1, -0.05) is 6.07 Å². The maximum absolute atomic E-state index is 11.5. The molecule has 2 saturated heterocycles. The Kier molecular flexibility index (Phi) is 6.16. The van der Waals surface area contributed by atoms with E-state index in [0.717, 1.165) is 26.2 Å². The molecular weight excluding hydrogens is 281 g/mol. The van der Waals surface area contributed by atoms with E-state index in [9.17, 15) is 9.90 Å². The molecule has 0 spiro atoms. The maximum Gasteiger partial charge on any atom is 1.00 e. The van der Waals surface area contributed by atoms with Crippen LogP contribution in [0.4, 0.5) is 0 Å². The fraction of sp³-hybridized carbons (Fsp3) is 0.571. The Balaban J connectivity index is 0.00000147. The molecule has 2 aliphatic rings.